The molecule has 0 fully saturated rings. The minimum absolute atomic E-state index is 0.664. The maximum Gasteiger partial charge on any atom is 0.137 e. The van der Waals surface area contributed by atoms with Crippen LogP contribution in [0, 0.1) is 20.8 Å². The van der Waals surface area contributed by atoms with Crippen molar-refractivity contribution < 1.29 is 9.84 Å². The lowest BCUT2D eigenvalue weighted by Crippen LogP contribution is -2.07. The highest BCUT2D eigenvalue weighted by Gasteiger charge is 2.20. The SMILES string of the molecule is COc1ccc(-c2ncc[nH]2)cc1C(O)c1c(C)cc(C)cc1C. The smallest absolute Gasteiger partial charge is 0.137 e. The van der Waals surface area contributed by atoms with Gasteiger partial charge in [-0.1, -0.05) is 17.7 Å². The van der Waals surface area contributed by atoms with Crippen LogP contribution in [0.1, 0.15) is 33.9 Å². The number of imidazole rings is 1. The number of ether oxygens (including phenoxy) is 1. The van der Waals surface area contributed by atoms with Gasteiger partial charge < -0.3 is 14.8 Å². The zero-order chi connectivity index (χ0) is 17.3. The predicted molar refractivity (Wildman–Crippen MR) is 95.3 cm³/mol. The number of H-pyrrole nitrogens is 1. The van der Waals surface area contributed by atoms with E-state index in [1.165, 1.54) is 5.56 Å². The molecule has 0 aliphatic heterocycles. The van der Waals surface area contributed by atoms with E-state index in [0.717, 1.165) is 33.6 Å². The molecule has 1 aromatic heterocycles. The van der Waals surface area contributed by atoms with Crippen LogP contribution in [0.25, 0.3) is 11.4 Å². The van der Waals surface area contributed by atoms with E-state index in [2.05, 4.69) is 29.0 Å². The summed E-state index contributed by atoms with van der Waals surface area (Å²) in [5.41, 5.74) is 5.92. The van der Waals surface area contributed by atoms with Gasteiger partial charge in [0, 0.05) is 23.5 Å². The number of aryl methyl sites for hydroxylation is 3. The molecule has 3 aromatic rings. The Morgan fingerprint density at radius 3 is 2.38 bits per heavy atom. The number of aliphatic hydroxyl groups excluding tert-OH is 1. The molecule has 4 nitrogen and oxygen atoms in total. The number of aromatic amines is 1. The summed E-state index contributed by atoms with van der Waals surface area (Å²) in [6.07, 6.45) is 2.74. The molecule has 0 amide bonds. The van der Waals surface area contributed by atoms with Gasteiger partial charge in [0.25, 0.3) is 0 Å². The Labute approximate surface area is 142 Å². The molecule has 0 aliphatic rings. The van der Waals surface area contributed by atoms with Gasteiger partial charge in [-0.25, -0.2) is 4.98 Å². The summed E-state index contributed by atoms with van der Waals surface area (Å²) in [5.74, 6) is 1.43. The maximum atomic E-state index is 11.1. The summed E-state index contributed by atoms with van der Waals surface area (Å²) < 4.78 is 5.47. The molecular weight excluding hydrogens is 300 g/mol. The van der Waals surface area contributed by atoms with Crippen molar-refractivity contribution in [3.63, 3.8) is 0 Å². The number of aromatic nitrogens is 2. The van der Waals surface area contributed by atoms with Crippen LogP contribution in [-0.4, -0.2) is 22.2 Å². The van der Waals surface area contributed by atoms with Crippen molar-refractivity contribution in [2.24, 2.45) is 0 Å². The number of nitrogens with zero attached hydrogens (tertiary/aromatic N) is 1. The summed E-state index contributed by atoms with van der Waals surface area (Å²) in [6.45, 7) is 6.12. The molecule has 3 rings (SSSR count). The van der Waals surface area contributed by atoms with Crippen LogP contribution < -0.4 is 4.74 Å². The zero-order valence-corrected chi connectivity index (χ0v) is 14.4. The van der Waals surface area contributed by atoms with Gasteiger partial charge in [-0.15, -0.1) is 0 Å². The molecule has 4 heteroatoms. The van der Waals surface area contributed by atoms with Crippen molar-refractivity contribution in [2.45, 2.75) is 26.9 Å². The van der Waals surface area contributed by atoms with Crippen LogP contribution in [0.2, 0.25) is 0 Å². The van der Waals surface area contributed by atoms with Gasteiger partial charge in [0.2, 0.25) is 0 Å². The lowest BCUT2D eigenvalue weighted by atomic mass is 9.91. The Hall–Kier alpha value is -2.59. The molecular formula is C20H22N2O2. The first-order valence-corrected chi connectivity index (χ1v) is 7.94. The minimum Gasteiger partial charge on any atom is -0.496 e. The molecule has 0 aliphatic carbocycles. The molecule has 124 valence electrons. The van der Waals surface area contributed by atoms with E-state index in [4.69, 9.17) is 4.74 Å². The fourth-order valence-electron chi connectivity index (χ4n) is 3.30. The van der Waals surface area contributed by atoms with Crippen molar-refractivity contribution in [3.05, 3.63) is 70.5 Å². The van der Waals surface area contributed by atoms with E-state index in [0.29, 0.717) is 5.75 Å². The van der Waals surface area contributed by atoms with Crippen LogP contribution in [-0.2, 0) is 0 Å². The summed E-state index contributed by atoms with van der Waals surface area (Å²) in [4.78, 5) is 7.38. The predicted octanol–water partition coefficient (Wildman–Crippen LogP) is 4.09. The highest BCUT2D eigenvalue weighted by atomic mass is 16.5. The second-order valence-corrected chi connectivity index (χ2v) is 6.11. The second-order valence-electron chi connectivity index (χ2n) is 6.11. The quantitative estimate of drug-likeness (QED) is 0.760. The van der Waals surface area contributed by atoms with Crippen LogP contribution >= 0.6 is 0 Å². The number of aliphatic hydroxyl groups is 1. The Balaban J connectivity index is 2.12. The Morgan fingerprint density at radius 1 is 1.08 bits per heavy atom. The molecule has 1 heterocycles. The highest BCUT2D eigenvalue weighted by Crippen LogP contribution is 2.36. The first-order valence-electron chi connectivity index (χ1n) is 7.94. The lowest BCUT2D eigenvalue weighted by molar-refractivity contribution is 0.213. The van der Waals surface area contributed by atoms with Gasteiger partial charge in [0.05, 0.1) is 7.11 Å². The first kappa shape index (κ1) is 16.3. The molecule has 2 aromatic carbocycles. The van der Waals surface area contributed by atoms with Gasteiger partial charge in [0.15, 0.2) is 0 Å². The molecule has 0 radical (unpaired) electrons. The Kier molecular flexibility index (Phi) is 4.40. The van der Waals surface area contributed by atoms with Crippen molar-refractivity contribution in [2.75, 3.05) is 7.11 Å². The van der Waals surface area contributed by atoms with Crippen molar-refractivity contribution in [1.82, 2.24) is 9.97 Å². The van der Waals surface area contributed by atoms with Gasteiger partial charge >= 0.3 is 0 Å². The minimum atomic E-state index is -0.754. The summed E-state index contributed by atoms with van der Waals surface area (Å²) in [6, 6.07) is 9.92. The van der Waals surface area contributed by atoms with Gasteiger partial charge in [-0.3, -0.25) is 0 Å². The number of hydrogen-bond donors (Lipinski definition) is 2. The van der Waals surface area contributed by atoms with Crippen LogP contribution in [0.4, 0.5) is 0 Å². The van der Waals surface area contributed by atoms with E-state index in [1.54, 1.807) is 19.5 Å². The standard InChI is InChI=1S/C20H22N2O2/c1-12-9-13(2)18(14(3)10-12)19(23)16-11-15(5-6-17(16)24-4)20-21-7-8-22-20/h5-11,19,23H,1-4H3,(H,21,22). The summed E-state index contributed by atoms with van der Waals surface area (Å²) >= 11 is 0. The fourth-order valence-corrected chi connectivity index (χ4v) is 3.30. The Bertz CT molecular complexity index is 831. The van der Waals surface area contributed by atoms with E-state index in [1.807, 2.05) is 32.0 Å². The average Bonchev–Trinajstić information content (AvgIpc) is 3.07. The molecule has 1 atom stereocenters. The number of methoxy groups -OCH3 is 1. The third-order valence-corrected chi connectivity index (χ3v) is 4.31. The molecule has 2 N–H and O–H groups in total. The highest BCUT2D eigenvalue weighted by molar-refractivity contribution is 5.60. The number of rotatable bonds is 4. The van der Waals surface area contributed by atoms with Crippen molar-refractivity contribution >= 4 is 0 Å². The first-order chi connectivity index (χ1) is 11.5. The van der Waals surface area contributed by atoms with Gasteiger partial charge in [-0.05, 0) is 55.7 Å². The number of benzene rings is 2. The molecule has 0 spiro atoms. The fraction of sp³-hybridized carbons (Fsp3) is 0.250. The molecule has 0 saturated carbocycles. The van der Waals surface area contributed by atoms with Gasteiger partial charge in [0.1, 0.15) is 17.7 Å². The third kappa shape index (κ3) is 2.93. The van der Waals surface area contributed by atoms with Gasteiger partial charge in [-0.2, -0.15) is 0 Å². The Morgan fingerprint density at radius 2 is 1.79 bits per heavy atom. The number of nitrogens with one attached hydrogen (secondary N) is 1. The van der Waals surface area contributed by atoms with E-state index in [9.17, 15) is 5.11 Å². The topological polar surface area (TPSA) is 58.1 Å². The normalized spacial score (nSPS) is 12.2. The van der Waals surface area contributed by atoms with Crippen molar-refractivity contribution in [1.29, 1.82) is 0 Å². The molecule has 0 bridgehead atoms. The van der Waals surface area contributed by atoms with E-state index < -0.39 is 6.10 Å². The lowest BCUT2D eigenvalue weighted by Gasteiger charge is -2.20. The monoisotopic (exact) mass is 322 g/mol. The van der Waals surface area contributed by atoms with Crippen LogP contribution in [0.5, 0.6) is 5.75 Å². The largest absolute Gasteiger partial charge is 0.496 e. The van der Waals surface area contributed by atoms with Crippen LogP contribution in [0.15, 0.2) is 42.7 Å². The van der Waals surface area contributed by atoms with Crippen molar-refractivity contribution in [3.8, 4) is 17.1 Å². The van der Waals surface area contributed by atoms with E-state index >= 15 is 0 Å². The molecule has 1 unspecified atom stereocenters. The summed E-state index contributed by atoms with van der Waals surface area (Å²) in [7, 11) is 1.62. The van der Waals surface area contributed by atoms with E-state index in [-0.39, 0.29) is 0 Å². The molecule has 0 saturated heterocycles. The summed E-state index contributed by atoms with van der Waals surface area (Å²) in [5, 5.41) is 11.1. The second kappa shape index (κ2) is 6.49. The average molecular weight is 322 g/mol. The third-order valence-electron chi connectivity index (χ3n) is 4.31. The number of hydrogen-bond acceptors (Lipinski definition) is 3. The zero-order valence-electron chi connectivity index (χ0n) is 14.4. The molecule has 24 heavy (non-hydrogen) atoms. The maximum absolute atomic E-state index is 11.1. The van der Waals surface area contributed by atoms with Crippen LogP contribution in [0.3, 0.4) is 0 Å².